The summed E-state index contributed by atoms with van der Waals surface area (Å²) in [5.74, 6) is -0.583. The molecule has 82 valence electrons. The van der Waals surface area contributed by atoms with Crippen LogP contribution in [0, 0.1) is 17.8 Å². The van der Waals surface area contributed by atoms with E-state index in [1.165, 1.54) is 0 Å². The van der Waals surface area contributed by atoms with Crippen LogP contribution in [0.15, 0.2) is 0 Å². The van der Waals surface area contributed by atoms with Crippen LogP contribution in [-0.4, -0.2) is 36.0 Å². The van der Waals surface area contributed by atoms with E-state index in [0.29, 0.717) is 6.61 Å². The summed E-state index contributed by atoms with van der Waals surface area (Å²) in [6.45, 7) is 2.40. The minimum absolute atomic E-state index is 0.0221. The number of rotatable bonds is 4. The summed E-state index contributed by atoms with van der Waals surface area (Å²) in [5, 5.41) is 18.5. The van der Waals surface area contributed by atoms with Crippen LogP contribution < -0.4 is 0 Å². The van der Waals surface area contributed by atoms with Gasteiger partial charge in [0.25, 0.3) is 0 Å². The van der Waals surface area contributed by atoms with E-state index in [-0.39, 0.29) is 24.2 Å². The summed E-state index contributed by atoms with van der Waals surface area (Å²) in [7, 11) is 1.58. The SMILES string of the molecule is COCC1[C@@H](CC(=O)O)CC(C)[C@H]1O. The first-order valence-corrected chi connectivity index (χ1v) is 4.95. The van der Waals surface area contributed by atoms with Gasteiger partial charge in [0.05, 0.1) is 12.7 Å². The molecule has 0 saturated heterocycles. The third kappa shape index (κ3) is 2.45. The number of methoxy groups -OCH3 is 1. The molecule has 4 heteroatoms. The van der Waals surface area contributed by atoms with Crippen molar-refractivity contribution in [2.24, 2.45) is 17.8 Å². The van der Waals surface area contributed by atoms with Gasteiger partial charge in [-0.1, -0.05) is 6.92 Å². The largest absolute Gasteiger partial charge is 0.481 e. The third-order valence-corrected chi connectivity index (χ3v) is 3.10. The lowest BCUT2D eigenvalue weighted by Gasteiger charge is -2.20. The van der Waals surface area contributed by atoms with Crippen LogP contribution in [0.1, 0.15) is 19.8 Å². The lowest BCUT2D eigenvalue weighted by Crippen LogP contribution is -2.27. The molecule has 0 spiro atoms. The van der Waals surface area contributed by atoms with Gasteiger partial charge in [0, 0.05) is 19.4 Å². The van der Waals surface area contributed by atoms with Gasteiger partial charge in [-0.25, -0.2) is 0 Å². The van der Waals surface area contributed by atoms with E-state index < -0.39 is 12.1 Å². The number of aliphatic hydroxyl groups is 1. The smallest absolute Gasteiger partial charge is 0.303 e. The highest BCUT2D eigenvalue weighted by molar-refractivity contribution is 5.67. The summed E-state index contributed by atoms with van der Waals surface area (Å²) < 4.78 is 5.00. The molecule has 0 aromatic rings. The molecule has 0 radical (unpaired) electrons. The third-order valence-electron chi connectivity index (χ3n) is 3.10. The Labute approximate surface area is 83.9 Å². The van der Waals surface area contributed by atoms with Crippen LogP contribution in [0.4, 0.5) is 0 Å². The van der Waals surface area contributed by atoms with Crippen LogP contribution in [-0.2, 0) is 9.53 Å². The van der Waals surface area contributed by atoms with Crippen molar-refractivity contribution in [3.8, 4) is 0 Å². The number of ether oxygens (including phenoxy) is 1. The maximum atomic E-state index is 10.6. The molecule has 1 saturated carbocycles. The Morgan fingerprint density at radius 2 is 2.21 bits per heavy atom. The number of aliphatic carboxylic acids is 1. The lowest BCUT2D eigenvalue weighted by atomic mass is 9.93. The molecule has 1 fully saturated rings. The van der Waals surface area contributed by atoms with Crippen molar-refractivity contribution in [1.82, 2.24) is 0 Å². The second kappa shape index (κ2) is 4.75. The Hall–Kier alpha value is -0.610. The average Bonchev–Trinajstić information content (AvgIpc) is 2.32. The topological polar surface area (TPSA) is 66.8 Å². The molecule has 2 N–H and O–H groups in total. The highest BCUT2D eigenvalue weighted by Crippen LogP contribution is 2.38. The highest BCUT2D eigenvalue weighted by atomic mass is 16.5. The second-order valence-corrected chi connectivity index (χ2v) is 4.18. The summed E-state index contributed by atoms with van der Waals surface area (Å²) in [4.78, 5) is 10.6. The van der Waals surface area contributed by atoms with Crippen LogP contribution in [0.5, 0.6) is 0 Å². The number of carboxylic acid groups (broad SMARTS) is 1. The zero-order valence-corrected chi connectivity index (χ0v) is 8.64. The lowest BCUT2D eigenvalue weighted by molar-refractivity contribution is -0.138. The molecular weight excluding hydrogens is 184 g/mol. The van der Waals surface area contributed by atoms with E-state index in [2.05, 4.69) is 0 Å². The zero-order valence-electron chi connectivity index (χ0n) is 8.64. The van der Waals surface area contributed by atoms with Gasteiger partial charge in [0.15, 0.2) is 0 Å². The molecule has 0 aliphatic heterocycles. The molecule has 0 heterocycles. The molecule has 0 amide bonds. The van der Waals surface area contributed by atoms with E-state index >= 15 is 0 Å². The molecule has 0 aromatic carbocycles. The molecule has 4 atom stereocenters. The van der Waals surface area contributed by atoms with Crippen molar-refractivity contribution >= 4 is 5.97 Å². The van der Waals surface area contributed by atoms with E-state index in [4.69, 9.17) is 9.84 Å². The van der Waals surface area contributed by atoms with Crippen molar-refractivity contribution in [3.63, 3.8) is 0 Å². The van der Waals surface area contributed by atoms with Crippen molar-refractivity contribution < 1.29 is 19.7 Å². The molecule has 0 aromatic heterocycles. The van der Waals surface area contributed by atoms with Gasteiger partial charge in [0.1, 0.15) is 0 Å². The summed E-state index contributed by atoms with van der Waals surface area (Å²) >= 11 is 0. The first kappa shape index (κ1) is 11.5. The molecule has 2 unspecified atom stereocenters. The average molecular weight is 202 g/mol. The predicted molar refractivity (Wildman–Crippen MR) is 50.9 cm³/mol. The monoisotopic (exact) mass is 202 g/mol. The first-order chi connectivity index (χ1) is 6.56. The van der Waals surface area contributed by atoms with Gasteiger partial charge in [-0.05, 0) is 18.3 Å². The van der Waals surface area contributed by atoms with E-state index in [1.54, 1.807) is 7.11 Å². The van der Waals surface area contributed by atoms with Crippen LogP contribution in [0.25, 0.3) is 0 Å². The van der Waals surface area contributed by atoms with Gasteiger partial charge in [-0.2, -0.15) is 0 Å². The Morgan fingerprint density at radius 3 is 2.71 bits per heavy atom. The molecule has 1 aliphatic rings. The molecule has 14 heavy (non-hydrogen) atoms. The minimum Gasteiger partial charge on any atom is -0.481 e. The van der Waals surface area contributed by atoms with Gasteiger partial charge in [0.2, 0.25) is 0 Å². The normalized spacial score (nSPS) is 37.4. The van der Waals surface area contributed by atoms with Gasteiger partial charge < -0.3 is 14.9 Å². The van der Waals surface area contributed by atoms with Gasteiger partial charge in [-0.3, -0.25) is 4.79 Å². The Kier molecular flexibility index (Phi) is 3.89. The van der Waals surface area contributed by atoms with Crippen molar-refractivity contribution in [3.05, 3.63) is 0 Å². The number of hydrogen-bond donors (Lipinski definition) is 2. The Bertz CT molecular complexity index is 204. The summed E-state index contributed by atoms with van der Waals surface area (Å²) in [5.41, 5.74) is 0. The molecule has 1 rings (SSSR count). The number of aliphatic hydroxyl groups excluding tert-OH is 1. The van der Waals surface area contributed by atoms with Gasteiger partial charge in [-0.15, -0.1) is 0 Å². The molecule has 4 nitrogen and oxygen atoms in total. The number of carboxylic acids is 1. The summed E-state index contributed by atoms with van der Waals surface area (Å²) in [6.07, 6.45) is 0.496. The van der Waals surface area contributed by atoms with Crippen molar-refractivity contribution in [2.75, 3.05) is 13.7 Å². The molecule has 1 aliphatic carbocycles. The zero-order chi connectivity index (χ0) is 10.7. The number of hydrogen-bond acceptors (Lipinski definition) is 3. The maximum Gasteiger partial charge on any atom is 0.303 e. The van der Waals surface area contributed by atoms with Crippen LogP contribution >= 0.6 is 0 Å². The van der Waals surface area contributed by atoms with Crippen molar-refractivity contribution in [2.45, 2.75) is 25.9 Å². The number of carbonyl (C=O) groups is 1. The fourth-order valence-corrected chi connectivity index (χ4v) is 2.38. The minimum atomic E-state index is -0.794. The van der Waals surface area contributed by atoms with E-state index in [1.807, 2.05) is 6.92 Å². The fourth-order valence-electron chi connectivity index (χ4n) is 2.38. The van der Waals surface area contributed by atoms with E-state index in [0.717, 1.165) is 6.42 Å². The quantitative estimate of drug-likeness (QED) is 0.705. The predicted octanol–water partition coefficient (Wildman–Crippen LogP) is 0.741. The first-order valence-electron chi connectivity index (χ1n) is 4.95. The fraction of sp³-hybridized carbons (Fsp3) is 0.900. The van der Waals surface area contributed by atoms with E-state index in [9.17, 15) is 9.90 Å². The summed E-state index contributed by atoms with van der Waals surface area (Å²) in [6, 6.07) is 0. The standard InChI is InChI=1S/C10H18O4/c1-6-3-7(4-9(11)12)8(5-14-2)10(6)13/h6-8,10,13H,3-5H2,1-2H3,(H,11,12)/t6?,7-,8?,10-/m1/s1. The van der Waals surface area contributed by atoms with Crippen LogP contribution in [0.2, 0.25) is 0 Å². The second-order valence-electron chi connectivity index (χ2n) is 4.18. The Balaban J connectivity index is 2.59. The van der Waals surface area contributed by atoms with Crippen LogP contribution in [0.3, 0.4) is 0 Å². The van der Waals surface area contributed by atoms with Crippen molar-refractivity contribution in [1.29, 1.82) is 0 Å². The molecular formula is C10H18O4. The van der Waals surface area contributed by atoms with Gasteiger partial charge >= 0.3 is 5.97 Å². The maximum absolute atomic E-state index is 10.6. The molecule has 0 bridgehead atoms. The Morgan fingerprint density at radius 1 is 1.57 bits per heavy atom. The highest BCUT2D eigenvalue weighted by Gasteiger charge is 2.40.